The second kappa shape index (κ2) is 16.7. The fraction of sp³-hybridized carbons (Fsp3) is 0.895. The molecule has 1 unspecified atom stereocenters. The lowest BCUT2D eigenvalue weighted by atomic mass is 9.96. The van der Waals surface area contributed by atoms with Gasteiger partial charge >= 0.3 is 11.9 Å². The van der Waals surface area contributed by atoms with Crippen molar-refractivity contribution in [1.82, 2.24) is 0 Å². The van der Waals surface area contributed by atoms with Gasteiger partial charge in [-0.15, -0.1) is 0 Å². The molecular formula is C19H36O5. The number of carbonyl (C=O) groups excluding carboxylic acids is 2. The number of hydrogen-bond acceptors (Lipinski definition) is 5. The minimum atomic E-state index is -0.158. The van der Waals surface area contributed by atoms with E-state index in [-0.39, 0.29) is 11.9 Å². The van der Waals surface area contributed by atoms with E-state index in [9.17, 15) is 9.59 Å². The summed E-state index contributed by atoms with van der Waals surface area (Å²) in [6.07, 6.45) is 8.76. The quantitative estimate of drug-likeness (QED) is 0.309. The smallest absolute Gasteiger partial charge is 0.305 e. The topological polar surface area (TPSA) is 61.8 Å². The SMILES string of the molecule is CCCCC(CCOC)CCOC(=O)CCCCCC(=O)OCC. The molecule has 0 saturated carbocycles. The summed E-state index contributed by atoms with van der Waals surface area (Å²) in [5, 5.41) is 0. The zero-order valence-corrected chi connectivity index (χ0v) is 15.8. The van der Waals surface area contributed by atoms with Gasteiger partial charge in [0.2, 0.25) is 0 Å². The van der Waals surface area contributed by atoms with Crippen LogP contribution < -0.4 is 0 Å². The average molecular weight is 344 g/mol. The zero-order chi connectivity index (χ0) is 18.0. The van der Waals surface area contributed by atoms with Crippen LogP contribution in [0.4, 0.5) is 0 Å². The molecule has 0 amide bonds. The lowest BCUT2D eigenvalue weighted by molar-refractivity contribution is -0.144. The second-order valence-corrected chi connectivity index (χ2v) is 6.16. The molecule has 0 aromatic heterocycles. The first-order valence-corrected chi connectivity index (χ1v) is 9.44. The first kappa shape index (κ1) is 22.9. The summed E-state index contributed by atoms with van der Waals surface area (Å²) in [4.78, 5) is 22.9. The van der Waals surface area contributed by atoms with E-state index in [0.29, 0.717) is 32.0 Å². The molecule has 0 radical (unpaired) electrons. The molecule has 0 bridgehead atoms. The molecule has 0 heterocycles. The number of carbonyl (C=O) groups is 2. The fourth-order valence-electron chi connectivity index (χ4n) is 2.57. The van der Waals surface area contributed by atoms with Crippen molar-refractivity contribution in [2.24, 2.45) is 5.92 Å². The summed E-state index contributed by atoms with van der Waals surface area (Å²) in [5.41, 5.74) is 0. The zero-order valence-electron chi connectivity index (χ0n) is 15.8. The molecule has 0 aliphatic rings. The van der Waals surface area contributed by atoms with Crippen LogP contribution >= 0.6 is 0 Å². The van der Waals surface area contributed by atoms with Gasteiger partial charge in [-0.25, -0.2) is 0 Å². The fourth-order valence-corrected chi connectivity index (χ4v) is 2.57. The molecule has 5 nitrogen and oxygen atoms in total. The monoisotopic (exact) mass is 344 g/mol. The molecule has 0 spiro atoms. The van der Waals surface area contributed by atoms with Crippen molar-refractivity contribution in [3.05, 3.63) is 0 Å². The van der Waals surface area contributed by atoms with Gasteiger partial charge in [0.1, 0.15) is 0 Å². The minimum absolute atomic E-state index is 0.132. The highest BCUT2D eigenvalue weighted by Crippen LogP contribution is 2.17. The van der Waals surface area contributed by atoms with Gasteiger partial charge in [0, 0.05) is 26.6 Å². The first-order chi connectivity index (χ1) is 11.6. The van der Waals surface area contributed by atoms with Crippen LogP contribution in [0.25, 0.3) is 0 Å². The van der Waals surface area contributed by atoms with Crippen molar-refractivity contribution in [2.75, 3.05) is 26.9 Å². The highest BCUT2D eigenvalue weighted by molar-refractivity contribution is 5.69. The lowest BCUT2D eigenvalue weighted by Gasteiger charge is -2.16. The van der Waals surface area contributed by atoms with E-state index < -0.39 is 0 Å². The molecule has 24 heavy (non-hydrogen) atoms. The molecular weight excluding hydrogens is 308 g/mol. The largest absolute Gasteiger partial charge is 0.466 e. The summed E-state index contributed by atoms with van der Waals surface area (Å²) < 4.78 is 15.3. The Morgan fingerprint density at radius 1 is 0.792 bits per heavy atom. The summed E-state index contributed by atoms with van der Waals surface area (Å²) in [6, 6.07) is 0. The summed E-state index contributed by atoms with van der Waals surface area (Å²) >= 11 is 0. The second-order valence-electron chi connectivity index (χ2n) is 6.16. The van der Waals surface area contributed by atoms with E-state index in [1.165, 1.54) is 19.3 Å². The number of esters is 2. The number of unbranched alkanes of at least 4 members (excludes halogenated alkanes) is 3. The van der Waals surface area contributed by atoms with Crippen molar-refractivity contribution in [2.45, 2.75) is 78.1 Å². The Morgan fingerprint density at radius 2 is 1.42 bits per heavy atom. The number of ether oxygens (including phenoxy) is 3. The van der Waals surface area contributed by atoms with Crippen LogP contribution in [0.5, 0.6) is 0 Å². The standard InChI is InChI=1S/C19H36O5/c1-4-6-10-17(13-15-22-3)14-16-24-19(21)12-9-7-8-11-18(20)23-5-2/h17H,4-16H2,1-3H3. The molecule has 0 saturated heterocycles. The Bertz CT molecular complexity index is 309. The number of hydrogen-bond donors (Lipinski definition) is 0. The van der Waals surface area contributed by atoms with Gasteiger partial charge in [-0.05, 0) is 38.5 Å². The molecule has 142 valence electrons. The minimum Gasteiger partial charge on any atom is -0.466 e. The van der Waals surface area contributed by atoms with Crippen LogP contribution in [0.1, 0.15) is 78.1 Å². The van der Waals surface area contributed by atoms with Gasteiger partial charge < -0.3 is 14.2 Å². The van der Waals surface area contributed by atoms with Gasteiger partial charge in [-0.1, -0.05) is 32.6 Å². The first-order valence-electron chi connectivity index (χ1n) is 9.44. The van der Waals surface area contributed by atoms with E-state index in [4.69, 9.17) is 14.2 Å². The van der Waals surface area contributed by atoms with Crippen LogP contribution in [0.3, 0.4) is 0 Å². The van der Waals surface area contributed by atoms with Gasteiger partial charge in [0.15, 0.2) is 0 Å². The van der Waals surface area contributed by atoms with E-state index >= 15 is 0 Å². The maximum Gasteiger partial charge on any atom is 0.305 e. The summed E-state index contributed by atoms with van der Waals surface area (Å²) in [6.45, 7) is 5.68. The lowest BCUT2D eigenvalue weighted by Crippen LogP contribution is -2.12. The van der Waals surface area contributed by atoms with Crippen molar-refractivity contribution < 1.29 is 23.8 Å². The molecule has 0 aliphatic heterocycles. The van der Waals surface area contributed by atoms with E-state index in [1.807, 2.05) is 0 Å². The predicted molar refractivity (Wildman–Crippen MR) is 94.8 cm³/mol. The molecule has 0 rings (SSSR count). The Kier molecular flexibility index (Phi) is 16.0. The molecule has 5 heteroatoms. The summed E-state index contributed by atoms with van der Waals surface area (Å²) in [7, 11) is 1.72. The van der Waals surface area contributed by atoms with Crippen LogP contribution in [0.2, 0.25) is 0 Å². The van der Waals surface area contributed by atoms with Gasteiger partial charge in [0.05, 0.1) is 13.2 Å². The Hall–Kier alpha value is -1.10. The third kappa shape index (κ3) is 14.5. The van der Waals surface area contributed by atoms with Crippen LogP contribution in [0, 0.1) is 5.92 Å². The predicted octanol–water partition coefficient (Wildman–Crippen LogP) is 4.28. The van der Waals surface area contributed by atoms with Crippen molar-refractivity contribution in [3.8, 4) is 0 Å². The third-order valence-electron chi connectivity index (χ3n) is 4.05. The maximum atomic E-state index is 11.7. The van der Waals surface area contributed by atoms with E-state index in [0.717, 1.165) is 38.7 Å². The molecule has 0 N–H and O–H groups in total. The Labute approximate surface area is 147 Å². The molecule has 0 fully saturated rings. The van der Waals surface area contributed by atoms with Crippen molar-refractivity contribution >= 4 is 11.9 Å². The van der Waals surface area contributed by atoms with Crippen LogP contribution in [0.15, 0.2) is 0 Å². The number of methoxy groups -OCH3 is 1. The third-order valence-corrected chi connectivity index (χ3v) is 4.05. The maximum absolute atomic E-state index is 11.7. The molecule has 0 aromatic carbocycles. The van der Waals surface area contributed by atoms with Gasteiger partial charge in [-0.3, -0.25) is 9.59 Å². The van der Waals surface area contributed by atoms with Gasteiger partial charge in [-0.2, -0.15) is 0 Å². The van der Waals surface area contributed by atoms with E-state index in [1.54, 1.807) is 14.0 Å². The van der Waals surface area contributed by atoms with Crippen molar-refractivity contribution in [3.63, 3.8) is 0 Å². The molecule has 0 aromatic rings. The van der Waals surface area contributed by atoms with E-state index in [2.05, 4.69) is 6.92 Å². The average Bonchev–Trinajstić information content (AvgIpc) is 2.56. The highest BCUT2D eigenvalue weighted by Gasteiger charge is 2.10. The van der Waals surface area contributed by atoms with Crippen LogP contribution in [-0.4, -0.2) is 38.9 Å². The molecule has 1 atom stereocenters. The number of rotatable bonds is 16. The molecule has 0 aliphatic carbocycles. The normalized spacial score (nSPS) is 12.0. The highest BCUT2D eigenvalue weighted by atomic mass is 16.5. The van der Waals surface area contributed by atoms with Crippen molar-refractivity contribution in [1.29, 1.82) is 0 Å². The van der Waals surface area contributed by atoms with Gasteiger partial charge in [0.25, 0.3) is 0 Å². The Morgan fingerprint density at radius 3 is 2.00 bits per heavy atom. The Balaban J connectivity index is 3.66. The van der Waals surface area contributed by atoms with Crippen LogP contribution in [-0.2, 0) is 23.8 Å². The summed E-state index contributed by atoms with van der Waals surface area (Å²) in [5.74, 6) is 0.281.